The first-order chi connectivity index (χ1) is 9.61. The number of carboxylic acids is 1. The fraction of sp³-hybridized carbons (Fsp3) is 0.0714. The van der Waals surface area contributed by atoms with Crippen LogP contribution in [0.15, 0.2) is 40.9 Å². The molecule has 20 heavy (non-hydrogen) atoms. The molecule has 0 saturated carbocycles. The second-order valence-corrected chi connectivity index (χ2v) is 4.30. The molecule has 0 amide bonds. The van der Waals surface area contributed by atoms with Crippen molar-refractivity contribution in [2.24, 2.45) is 0 Å². The summed E-state index contributed by atoms with van der Waals surface area (Å²) in [6, 6.07) is 7.86. The third kappa shape index (κ3) is 2.35. The SMILES string of the molecule is O=C(O)c1nc2cc(Cc3ccc(F)cc3)cnc2o1. The Labute approximate surface area is 112 Å². The van der Waals surface area contributed by atoms with Crippen LogP contribution in [0.5, 0.6) is 0 Å². The number of hydrogen-bond donors (Lipinski definition) is 1. The molecule has 100 valence electrons. The first-order valence-electron chi connectivity index (χ1n) is 5.85. The van der Waals surface area contributed by atoms with Gasteiger partial charge in [0, 0.05) is 6.20 Å². The average Bonchev–Trinajstić information content (AvgIpc) is 2.85. The summed E-state index contributed by atoms with van der Waals surface area (Å²) < 4.78 is 17.8. The van der Waals surface area contributed by atoms with E-state index in [1.54, 1.807) is 24.4 Å². The summed E-state index contributed by atoms with van der Waals surface area (Å²) in [5.74, 6) is -1.90. The van der Waals surface area contributed by atoms with Gasteiger partial charge in [-0.3, -0.25) is 0 Å². The smallest absolute Gasteiger partial charge is 0.392 e. The number of fused-ring (bicyclic) bond motifs is 1. The minimum atomic E-state index is -1.23. The first kappa shape index (κ1) is 12.3. The van der Waals surface area contributed by atoms with Crippen molar-refractivity contribution in [1.29, 1.82) is 0 Å². The maximum Gasteiger partial charge on any atom is 0.392 e. The molecule has 3 rings (SSSR count). The standard InChI is InChI=1S/C14H9FN2O3/c15-10-3-1-8(2-4-10)5-9-6-11-12(16-7-9)20-13(17-11)14(18)19/h1-4,6-7H,5H2,(H,18,19). The summed E-state index contributed by atoms with van der Waals surface area (Å²) in [5.41, 5.74) is 2.34. The van der Waals surface area contributed by atoms with E-state index in [2.05, 4.69) is 9.97 Å². The summed E-state index contributed by atoms with van der Waals surface area (Å²) >= 11 is 0. The number of aromatic nitrogens is 2. The number of halogens is 1. The number of hydrogen-bond acceptors (Lipinski definition) is 4. The highest BCUT2D eigenvalue weighted by Crippen LogP contribution is 2.17. The molecular weight excluding hydrogens is 263 g/mol. The lowest BCUT2D eigenvalue weighted by atomic mass is 10.1. The van der Waals surface area contributed by atoms with E-state index in [0.717, 1.165) is 11.1 Å². The Morgan fingerprint density at radius 2 is 2.00 bits per heavy atom. The van der Waals surface area contributed by atoms with E-state index >= 15 is 0 Å². The van der Waals surface area contributed by atoms with Crippen LogP contribution in [0, 0.1) is 5.82 Å². The molecule has 5 nitrogen and oxygen atoms in total. The third-order valence-corrected chi connectivity index (χ3v) is 2.81. The number of rotatable bonds is 3. The van der Waals surface area contributed by atoms with Gasteiger partial charge in [-0.1, -0.05) is 12.1 Å². The Hall–Kier alpha value is -2.76. The van der Waals surface area contributed by atoms with E-state index in [9.17, 15) is 9.18 Å². The van der Waals surface area contributed by atoms with Crippen molar-refractivity contribution < 1.29 is 18.7 Å². The van der Waals surface area contributed by atoms with Crippen molar-refractivity contribution in [1.82, 2.24) is 9.97 Å². The van der Waals surface area contributed by atoms with Crippen molar-refractivity contribution in [3.63, 3.8) is 0 Å². The number of benzene rings is 1. The van der Waals surface area contributed by atoms with Crippen LogP contribution in [0.3, 0.4) is 0 Å². The number of aromatic carboxylic acids is 1. The number of carboxylic acid groups (broad SMARTS) is 1. The molecule has 0 aliphatic heterocycles. The van der Waals surface area contributed by atoms with Crippen molar-refractivity contribution in [2.75, 3.05) is 0 Å². The molecule has 2 aromatic heterocycles. The molecule has 0 spiro atoms. The first-order valence-corrected chi connectivity index (χ1v) is 5.85. The van der Waals surface area contributed by atoms with Gasteiger partial charge in [0.1, 0.15) is 11.3 Å². The van der Waals surface area contributed by atoms with Gasteiger partial charge in [0.05, 0.1) is 0 Å². The van der Waals surface area contributed by atoms with Gasteiger partial charge in [0.25, 0.3) is 0 Å². The molecule has 0 atom stereocenters. The van der Waals surface area contributed by atoms with Crippen LogP contribution in [-0.2, 0) is 6.42 Å². The minimum absolute atomic E-state index is 0.185. The zero-order valence-electron chi connectivity index (χ0n) is 10.2. The molecule has 6 heteroatoms. The van der Waals surface area contributed by atoms with Crippen molar-refractivity contribution in [2.45, 2.75) is 6.42 Å². The summed E-state index contributed by atoms with van der Waals surface area (Å²) in [4.78, 5) is 18.6. The highest BCUT2D eigenvalue weighted by atomic mass is 19.1. The summed E-state index contributed by atoms with van der Waals surface area (Å²) in [6.07, 6.45) is 2.14. The molecule has 0 aliphatic carbocycles. The van der Waals surface area contributed by atoms with Crippen LogP contribution in [0.1, 0.15) is 21.8 Å². The molecule has 1 N–H and O–H groups in total. The van der Waals surface area contributed by atoms with Gasteiger partial charge in [-0.25, -0.2) is 19.2 Å². The molecule has 2 heterocycles. The largest absolute Gasteiger partial charge is 0.474 e. The summed E-state index contributed by atoms with van der Waals surface area (Å²) in [6.45, 7) is 0. The number of oxazole rings is 1. The Balaban J connectivity index is 1.92. The van der Waals surface area contributed by atoms with Crippen LogP contribution in [0.25, 0.3) is 11.2 Å². The highest BCUT2D eigenvalue weighted by Gasteiger charge is 2.13. The van der Waals surface area contributed by atoms with Crippen LogP contribution in [0.2, 0.25) is 0 Å². The van der Waals surface area contributed by atoms with Gasteiger partial charge >= 0.3 is 11.9 Å². The normalized spacial score (nSPS) is 10.8. The van der Waals surface area contributed by atoms with Gasteiger partial charge in [-0.15, -0.1) is 0 Å². The molecule has 0 aliphatic rings. The molecule has 3 aromatic rings. The average molecular weight is 272 g/mol. The lowest BCUT2D eigenvalue weighted by Crippen LogP contribution is -1.94. The van der Waals surface area contributed by atoms with Crippen LogP contribution < -0.4 is 0 Å². The van der Waals surface area contributed by atoms with Crippen molar-refractivity contribution in [3.05, 3.63) is 59.4 Å². The quantitative estimate of drug-likeness (QED) is 0.793. The van der Waals surface area contributed by atoms with E-state index < -0.39 is 5.97 Å². The Morgan fingerprint density at radius 3 is 2.70 bits per heavy atom. The monoisotopic (exact) mass is 272 g/mol. The minimum Gasteiger partial charge on any atom is -0.474 e. The van der Waals surface area contributed by atoms with Crippen LogP contribution in [-0.4, -0.2) is 21.0 Å². The Kier molecular flexibility index (Phi) is 2.90. The van der Waals surface area contributed by atoms with Crippen molar-refractivity contribution in [3.8, 4) is 0 Å². The van der Waals surface area contributed by atoms with Gasteiger partial charge < -0.3 is 9.52 Å². The molecular formula is C14H9FN2O3. The summed E-state index contributed by atoms with van der Waals surface area (Å²) in [7, 11) is 0. The van der Waals surface area contributed by atoms with E-state index in [0.29, 0.717) is 11.9 Å². The molecule has 0 unspecified atom stereocenters. The maximum atomic E-state index is 12.8. The molecule has 1 aromatic carbocycles. The second kappa shape index (κ2) is 4.73. The van der Waals surface area contributed by atoms with Gasteiger partial charge in [0.15, 0.2) is 0 Å². The predicted molar refractivity (Wildman–Crippen MR) is 68.0 cm³/mol. The second-order valence-electron chi connectivity index (χ2n) is 4.30. The number of carbonyl (C=O) groups is 1. The fourth-order valence-corrected chi connectivity index (χ4v) is 1.89. The lowest BCUT2D eigenvalue weighted by molar-refractivity contribution is 0.0656. The zero-order chi connectivity index (χ0) is 14.1. The zero-order valence-corrected chi connectivity index (χ0v) is 10.2. The van der Waals surface area contributed by atoms with Gasteiger partial charge in [-0.2, -0.15) is 0 Å². The van der Waals surface area contributed by atoms with E-state index in [4.69, 9.17) is 9.52 Å². The van der Waals surface area contributed by atoms with E-state index in [1.807, 2.05) is 0 Å². The Morgan fingerprint density at radius 1 is 1.25 bits per heavy atom. The molecule has 0 bridgehead atoms. The van der Waals surface area contributed by atoms with Crippen molar-refractivity contribution >= 4 is 17.2 Å². The lowest BCUT2D eigenvalue weighted by Gasteiger charge is -2.00. The Bertz CT molecular complexity index is 781. The molecule has 0 radical (unpaired) electrons. The fourth-order valence-electron chi connectivity index (χ4n) is 1.89. The number of pyridine rings is 1. The summed E-state index contributed by atoms with van der Waals surface area (Å²) in [5, 5.41) is 8.80. The molecule has 0 saturated heterocycles. The maximum absolute atomic E-state index is 12.8. The predicted octanol–water partition coefficient (Wildman–Crippen LogP) is 2.65. The highest BCUT2D eigenvalue weighted by molar-refractivity contribution is 5.85. The van der Waals surface area contributed by atoms with Gasteiger partial charge in [-0.05, 0) is 35.7 Å². The van der Waals surface area contributed by atoms with E-state index in [-0.39, 0.29) is 17.4 Å². The van der Waals surface area contributed by atoms with E-state index in [1.165, 1.54) is 12.1 Å². The molecule has 0 fully saturated rings. The van der Waals surface area contributed by atoms with Gasteiger partial charge in [0.2, 0.25) is 5.71 Å². The van der Waals surface area contributed by atoms with Crippen LogP contribution >= 0.6 is 0 Å². The third-order valence-electron chi connectivity index (χ3n) is 2.81. The van der Waals surface area contributed by atoms with Crippen LogP contribution in [0.4, 0.5) is 4.39 Å². The number of nitrogens with zero attached hydrogens (tertiary/aromatic N) is 2. The topological polar surface area (TPSA) is 76.2 Å².